The lowest BCUT2D eigenvalue weighted by Gasteiger charge is -2.04. The molecule has 0 radical (unpaired) electrons. The third kappa shape index (κ3) is 2.24. The summed E-state index contributed by atoms with van der Waals surface area (Å²) < 4.78 is 38.1. The van der Waals surface area contributed by atoms with Crippen LogP contribution in [0.4, 0.5) is 13.2 Å². The van der Waals surface area contributed by atoms with Gasteiger partial charge in [0.2, 0.25) is 0 Å². The Morgan fingerprint density at radius 2 is 1.75 bits per heavy atom. The molecule has 0 fully saturated rings. The van der Waals surface area contributed by atoms with Crippen LogP contribution in [0, 0.1) is 13.0 Å². The molecule has 0 aromatic heterocycles. The van der Waals surface area contributed by atoms with E-state index in [9.17, 15) is 13.2 Å². The van der Waals surface area contributed by atoms with Crippen molar-refractivity contribution in [3.05, 3.63) is 30.7 Å². The minimum Gasteiger partial charge on any atom is -0.206 e. The van der Waals surface area contributed by atoms with Gasteiger partial charge in [-0.1, -0.05) is 0 Å². The molecule has 0 bridgehead atoms. The summed E-state index contributed by atoms with van der Waals surface area (Å²) in [6.45, 7) is 0. The van der Waals surface area contributed by atoms with Gasteiger partial charge in [-0.25, -0.2) is 13.2 Å². The summed E-state index contributed by atoms with van der Waals surface area (Å²) in [5, 5.41) is 0. The first-order chi connectivity index (χ1) is 5.52. The van der Waals surface area contributed by atoms with Crippen LogP contribution in [0.25, 0.3) is 0 Å². The molecule has 0 atom stereocenters. The maximum atomic E-state index is 12.9. The smallest absolute Gasteiger partial charge is 0.206 e. The summed E-state index contributed by atoms with van der Waals surface area (Å²) in [5.41, 5.74) is -0.504. The molecule has 5 heteroatoms. The quantitative estimate of drug-likeness (QED) is 0.629. The first-order valence-electron chi connectivity index (χ1n) is 2.95. The van der Waals surface area contributed by atoms with Crippen molar-refractivity contribution in [3.63, 3.8) is 0 Å². The van der Waals surface area contributed by atoms with Crippen molar-refractivity contribution in [2.45, 2.75) is 6.43 Å². The van der Waals surface area contributed by atoms with E-state index in [0.29, 0.717) is 3.57 Å². The Morgan fingerprint density at radius 1 is 1.17 bits per heavy atom. The first-order valence-corrected chi connectivity index (χ1v) is 5.10. The molecule has 0 aliphatic heterocycles. The van der Waals surface area contributed by atoms with Gasteiger partial charge in [0, 0.05) is 7.14 Å². The van der Waals surface area contributed by atoms with E-state index in [1.807, 2.05) is 22.6 Å². The molecule has 66 valence electrons. The Morgan fingerprint density at radius 3 is 2.17 bits per heavy atom. The average Bonchev–Trinajstić information content (AvgIpc) is 1.82. The fourth-order valence-corrected chi connectivity index (χ4v) is 2.77. The highest BCUT2D eigenvalue weighted by atomic mass is 127. The molecule has 12 heavy (non-hydrogen) atoms. The fraction of sp³-hybridized carbons (Fsp3) is 0.143. The molecule has 0 saturated heterocycles. The molecule has 0 nitrogen and oxygen atoms in total. The van der Waals surface area contributed by atoms with Crippen LogP contribution < -0.4 is 0 Å². The van der Waals surface area contributed by atoms with Crippen LogP contribution in [0.2, 0.25) is 0 Å². The summed E-state index contributed by atoms with van der Waals surface area (Å²) in [7, 11) is 0. The Kier molecular flexibility index (Phi) is 3.62. The van der Waals surface area contributed by atoms with Gasteiger partial charge in [0.15, 0.2) is 0 Å². The van der Waals surface area contributed by atoms with Gasteiger partial charge in [0.25, 0.3) is 6.43 Å². The predicted molar refractivity (Wildman–Crippen MR) is 56.8 cm³/mol. The van der Waals surface area contributed by atoms with Crippen molar-refractivity contribution in [1.82, 2.24) is 0 Å². The molecular weight excluding hydrogens is 395 g/mol. The second-order valence-corrected chi connectivity index (χ2v) is 4.49. The molecule has 0 N–H and O–H groups in total. The summed E-state index contributed by atoms with van der Waals surface area (Å²) >= 11 is 3.58. The standard InChI is InChI=1S/C7H3F3I2/c8-4-1-3(11)2-5(12)6(4)7(9)10/h1-2,7H. The highest BCUT2D eigenvalue weighted by Gasteiger charge is 2.17. The van der Waals surface area contributed by atoms with E-state index in [1.165, 1.54) is 6.07 Å². The van der Waals surface area contributed by atoms with Crippen LogP contribution in [-0.2, 0) is 0 Å². The molecular formula is C7H3F3I2. The van der Waals surface area contributed by atoms with Gasteiger partial charge in [-0.05, 0) is 57.3 Å². The molecule has 0 amide bonds. The number of alkyl halides is 2. The number of hydrogen-bond acceptors (Lipinski definition) is 0. The van der Waals surface area contributed by atoms with Crippen molar-refractivity contribution in [3.8, 4) is 0 Å². The topological polar surface area (TPSA) is 0 Å². The van der Waals surface area contributed by atoms with E-state index < -0.39 is 17.8 Å². The summed E-state index contributed by atoms with van der Waals surface area (Å²) in [5.74, 6) is -0.832. The highest BCUT2D eigenvalue weighted by Crippen LogP contribution is 2.28. The first kappa shape index (κ1) is 10.6. The second-order valence-electron chi connectivity index (χ2n) is 2.08. The summed E-state index contributed by atoms with van der Waals surface area (Å²) in [6, 6.07) is 2.62. The normalized spacial score (nSPS) is 10.8. The van der Waals surface area contributed by atoms with Crippen LogP contribution in [-0.4, -0.2) is 0 Å². The molecule has 0 unspecified atom stereocenters. The van der Waals surface area contributed by atoms with Crippen molar-refractivity contribution < 1.29 is 13.2 Å². The SMILES string of the molecule is Fc1cc(I)cc(I)c1C(F)F. The molecule has 0 saturated carbocycles. The van der Waals surface area contributed by atoms with Crippen LogP contribution in [0.5, 0.6) is 0 Å². The minimum atomic E-state index is -2.74. The molecule has 0 aliphatic carbocycles. The Labute approximate surface area is 94.8 Å². The van der Waals surface area contributed by atoms with Crippen molar-refractivity contribution >= 4 is 45.2 Å². The lowest BCUT2D eigenvalue weighted by Crippen LogP contribution is -1.95. The number of halogens is 5. The molecule has 0 aliphatic rings. The largest absolute Gasteiger partial charge is 0.267 e. The van der Waals surface area contributed by atoms with Gasteiger partial charge in [0.1, 0.15) is 5.82 Å². The molecule has 1 aromatic rings. The zero-order valence-electron chi connectivity index (χ0n) is 5.62. The van der Waals surface area contributed by atoms with Crippen LogP contribution in [0.3, 0.4) is 0 Å². The lowest BCUT2D eigenvalue weighted by molar-refractivity contribution is 0.145. The van der Waals surface area contributed by atoms with Gasteiger partial charge < -0.3 is 0 Å². The van der Waals surface area contributed by atoms with Crippen molar-refractivity contribution in [2.24, 2.45) is 0 Å². The van der Waals surface area contributed by atoms with Gasteiger partial charge >= 0.3 is 0 Å². The Balaban J connectivity index is 3.28. The molecule has 1 aromatic carbocycles. The van der Waals surface area contributed by atoms with E-state index in [2.05, 4.69) is 0 Å². The van der Waals surface area contributed by atoms with Crippen LogP contribution >= 0.6 is 45.2 Å². The predicted octanol–water partition coefficient (Wildman–Crippen LogP) is 3.97. The zero-order chi connectivity index (χ0) is 9.30. The van der Waals surface area contributed by atoms with Crippen LogP contribution in [0.15, 0.2) is 12.1 Å². The van der Waals surface area contributed by atoms with Crippen molar-refractivity contribution in [1.29, 1.82) is 0 Å². The number of benzene rings is 1. The Hall–Kier alpha value is 0.470. The molecule has 0 heterocycles. The zero-order valence-corrected chi connectivity index (χ0v) is 9.94. The van der Waals surface area contributed by atoms with E-state index in [1.54, 1.807) is 22.6 Å². The third-order valence-corrected chi connectivity index (χ3v) is 2.78. The van der Waals surface area contributed by atoms with E-state index in [-0.39, 0.29) is 3.57 Å². The second kappa shape index (κ2) is 4.12. The summed E-state index contributed by atoms with van der Waals surface area (Å²) in [6.07, 6.45) is -2.74. The van der Waals surface area contributed by atoms with Crippen LogP contribution in [0.1, 0.15) is 12.0 Å². The lowest BCUT2D eigenvalue weighted by atomic mass is 10.2. The molecule has 0 spiro atoms. The van der Waals surface area contributed by atoms with Gasteiger partial charge in [-0.3, -0.25) is 0 Å². The fourth-order valence-electron chi connectivity index (χ4n) is 0.762. The Bertz CT molecular complexity index is 276. The monoisotopic (exact) mass is 398 g/mol. The maximum absolute atomic E-state index is 12.9. The minimum absolute atomic E-state index is 0.270. The highest BCUT2D eigenvalue weighted by molar-refractivity contribution is 14.1. The van der Waals surface area contributed by atoms with E-state index >= 15 is 0 Å². The molecule has 1 rings (SSSR count). The van der Waals surface area contributed by atoms with Gasteiger partial charge in [-0.15, -0.1) is 0 Å². The average molecular weight is 398 g/mol. The maximum Gasteiger partial charge on any atom is 0.267 e. The van der Waals surface area contributed by atoms with Crippen molar-refractivity contribution in [2.75, 3.05) is 0 Å². The van der Waals surface area contributed by atoms with Gasteiger partial charge in [0.05, 0.1) is 5.56 Å². The van der Waals surface area contributed by atoms with E-state index in [0.717, 1.165) is 6.07 Å². The van der Waals surface area contributed by atoms with E-state index in [4.69, 9.17) is 0 Å². The number of hydrogen-bond donors (Lipinski definition) is 0. The van der Waals surface area contributed by atoms with Gasteiger partial charge in [-0.2, -0.15) is 0 Å². The number of rotatable bonds is 1. The third-order valence-electron chi connectivity index (χ3n) is 1.26. The summed E-state index contributed by atoms with van der Waals surface area (Å²) in [4.78, 5) is 0.